The molecule has 19 heavy (non-hydrogen) atoms. The Hall–Kier alpha value is -2.19. The summed E-state index contributed by atoms with van der Waals surface area (Å²) in [6, 6.07) is 13.5. The zero-order chi connectivity index (χ0) is 13.2. The van der Waals surface area contributed by atoms with E-state index < -0.39 is 0 Å². The highest BCUT2D eigenvalue weighted by molar-refractivity contribution is 6.30. The predicted octanol–water partition coefficient (Wildman–Crippen LogP) is 2.34. The summed E-state index contributed by atoms with van der Waals surface area (Å²) in [5.74, 6) is -0.207. The van der Waals surface area contributed by atoms with Crippen LogP contribution in [0, 0.1) is 0 Å². The van der Waals surface area contributed by atoms with Crippen LogP contribution < -0.4 is 10.6 Å². The molecule has 1 aliphatic rings. The Morgan fingerprint density at radius 3 is 2.58 bits per heavy atom. The van der Waals surface area contributed by atoms with E-state index in [4.69, 9.17) is 11.6 Å². The van der Waals surface area contributed by atoms with E-state index in [2.05, 4.69) is 11.1 Å². The lowest BCUT2D eigenvalue weighted by atomic mass is 10.1. The molecular weight excluding hydrogens is 258 g/mol. The Morgan fingerprint density at radius 1 is 1.00 bits per heavy atom. The first-order chi connectivity index (χ1) is 9.20. The largest absolute Gasteiger partial charge is 0.270 e. The zero-order valence-corrected chi connectivity index (χ0v) is 10.8. The molecule has 0 atom stereocenters. The average molecular weight is 268 g/mol. The standard InChI is InChI=1S/C16H10ClNO/c17-14-5-1-11(2-6-14)9-12-3-7-15-13(10-12)4-8-16(19)18-15/h1-10H. The first kappa shape index (κ1) is 11.9. The second-order valence-corrected chi connectivity index (χ2v) is 4.73. The molecule has 1 heterocycles. The molecule has 0 bridgehead atoms. The number of fused-ring (bicyclic) bond motifs is 1. The molecule has 1 amide bonds. The van der Waals surface area contributed by atoms with Gasteiger partial charge in [-0.05, 0) is 47.2 Å². The summed E-state index contributed by atoms with van der Waals surface area (Å²) in [6.45, 7) is 0. The number of amides is 1. The molecule has 0 unspecified atom stereocenters. The van der Waals surface area contributed by atoms with E-state index in [1.165, 1.54) is 6.08 Å². The molecule has 0 aromatic heterocycles. The van der Waals surface area contributed by atoms with Crippen LogP contribution in [0.5, 0.6) is 0 Å². The van der Waals surface area contributed by atoms with Crippen LogP contribution in [0.15, 0.2) is 53.5 Å². The predicted molar refractivity (Wildman–Crippen MR) is 76.3 cm³/mol. The monoisotopic (exact) mass is 267 g/mol. The molecule has 0 radical (unpaired) electrons. The molecule has 0 fully saturated rings. The summed E-state index contributed by atoms with van der Waals surface area (Å²) < 4.78 is 0. The minimum Gasteiger partial charge on any atom is -0.267 e. The topological polar surface area (TPSA) is 29.4 Å². The number of carbonyl (C=O) groups excluding carboxylic acids is 1. The zero-order valence-electron chi connectivity index (χ0n) is 10.0. The lowest BCUT2D eigenvalue weighted by Gasteiger charge is -2.00. The molecule has 3 rings (SSSR count). The van der Waals surface area contributed by atoms with Gasteiger partial charge in [0.1, 0.15) is 0 Å². The van der Waals surface area contributed by atoms with Crippen LogP contribution >= 0.6 is 11.6 Å². The highest BCUT2D eigenvalue weighted by Crippen LogP contribution is 2.09. The number of hydrogen-bond acceptors (Lipinski definition) is 1. The molecule has 2 aromatic rings. The number of rotatable bonds is 1. The third-order valence-corrected chi connectivity index (χ3v) is 3.14. The number of nitrogens with zero attached hydrogens (tertiary/aromatic N) is 1. The Morgan fingerprint density at radius 2 is 1.79 bits per heavy atom. The molecule has 92 valence electrons. The van der Waals surface area contributed by atoms with Gasteiger partial charge in [0, 0.05) is 16.7 Å². The van der Waals surface area contributed by atoms with Gasteiger partial charge >= 0.3 is 0 Å². The van der Waals surface area contributed by atoms with Crippen LogP contribution in [-0.2, 0) is 4.79 Å². The first-order valence-corrected chi connectivity index (χ1v) is 6.27. The van der Waals surface area contributed by atoms with Crippen molar-refractivity contribution in [3.63, 3.8) is 0 Å². The van der Waals surface area contributed by atoms with Crippen LogP contribution in [0.1, 0.15) is 11.1 Å². The van der Waals surface area contributed by atoms with Crippen LogP contribution in [0.2, 0.25) is 5.02 Å². The smallest absolute Gasteiger partial charge is 0.267 e. The fraction of sp³-hybridized carbons (Fsp3) is 0. The highest BCUT2D eigenvalue weighted by atomic mass is 35.5. The lowest BCUT2D eigenvalue weighted by molar-refractivity contribution is -0.113. The Bertz CT molecular complexity index is 788. The molecule has 0 saturated carbocycles. The van der Waals surface area contributed by atoms with E-state index in [0.717, 1.165) is 26.7 Å². The summed E-state index contributed by atoms with van der Waals surface area (Å²) >= 11 is 5.86. The molecule has 2 nitrogen and oxygen atoms in total. The van der Waals surface area contributed by atoms with Gasteiger partial charge in [-0.15, -0.1) is 0 Å². The van der Waals surface area contributed by atoms with Crippen molar-refractivity contribution in [2.45, 2.75) is 0 Å². The van der Waals surface area contributed by atoms with Crippen molar-refractivity contribution in [3.8, 4) is 0 Å². The number of hydrogen-bond donors (Lipinski definition) is 0. The van der Waals surface area contributed by atoms with E-state index in [1.54, 1.807) is 6.08 Å². The van der Waals surface area contributed by atoms with E-state index >= 15 is 0 Å². The van der Waals surface area contributed by atoms with Gasteiger partial charge in [0.25, 0.3) is 5.91 Å². The SMILES string of the molecule is O=C1C=Cc2cc(=Cc3ccc(Cl)cc3)ccc2=N1. The van der Waals surface area contributed by atoms with Gasteiger partial charge in [0.05, 0.1) is 5.36 Å². The number of carbonyl (C=O) groups is 1. The minimum atomic E-state index is -0.207. The molecule has 3 heteroatoms. The molecule has 1 aliphatic heterocycles. The fourth-order valence-corrected chi connectivity index (χ4v) is 2.09. The highest BCUT2D eigenvalue weighted by Gasteiger charge is 2.01. The summed E-state index contributed by atoms with van der Waals surface area (Å²) in [5, 5.41) is 2.51. The van der Waals surface area contributed by atoms with Gasteiger partial charge < -0.3 is 0 Å². The molecule has 0 saturated heterocycles. The van der Waals surface area contributed by atoms with Crippen molar-refractivity contribution < 1.29 is 4.79 Å². The average Bonchev–Trinajstić information content (AvgIpc) is 2.42. The number of benzene rings is 2. The summed E-state index contributed by atoms with van der Waals surface area (Å²) in [7, 11) is 0. The Kier molecular flexibility index (Phi) is 3.02. The van der Waals surface area contributed by atoms with Crippen molar-refractivity contribution in [3.05, 3.63) is 75.3 Å². The maximum Gasteiger partial charge on any atom is 0.270 e. The summed E-state index contributed by atoms with van der Waals surface area (Å²) in [5.41, 5.74) is 2.04. The fourth-order valence-electron chi connectivity index (χ4n) is 1.97. The maximum absolute atomic E-state index is 11.2. The van der Waals surface area contributed by atoms with Crippen molar-refractivity contribution in [1.29, 1.82) is 0 Å². The van der Waals surface area contributed by atoms with Gasteiger partial charge in [-0.25, -0.2) is 4.99 Å². The van der Waals surface area contributed by atoms with Gasteiger partial charge in [-0.2, -0.15) is 0 Å². The molecule has 0 spiro atoms. The van der Waals surface area contributed by atoms with Crippen molar-refractivity contribution >= 4 is 29.7 Å². The van der Waals surface area contributed by atoms with Gasteiger partial charge in [-0.3, -0.25) is 4.79 Å². The van der Waals surface area contributed by atoms with Crippen LogP contribution in [0.3, 0.4) is 0 Å². The third-order valence-electron chi connectivity index (χ3n) is 2.89. The van der Waals surface area contributed by atoms with Gasteiger partial charge in [0.15, 0.2) is 0 Å². The normalized spacial score (nSPS) is 14.2. The van der Waals surface area contributed by atoms with Crippen LogP contribution in [0.25, 0.3) is 12.2 Å². The van der Waals surface area contributed by atoms with Crippen molar-refractivity contribution in [2.75, 3.05) is 0 Å². The van der Waals surface area contributed by atoms with Crippen LogP contribution in [-0.4, -0.2) is 5.91 Å². The number of halogens is 1. The molecule has 0 N–H and O–H groups in total. The first-order valence-electron chi connectivity index (χ1n) is 5.89. The minimum absolute atomic E-state index is 0.207. The summed E-state index contributed by atoms with van der Waals surface area (Å²) in [4.78, 5) is 15.1. The molecular formula is C16H10ClNO. The Labute approximate surface area is 115 Å². The maximum atomic E-state index is 11.2. The molecule has 2 aromatic carbocycles. The second-order valence-electron chi connectivity index (χ2n) is 4.30. The quantitative estimate of drug-likeness (QED) is 0.780. The van der Waals surface area contributed by atoms with Crippen molar-refractivity contribution in [1.82, 2.24) is 0 Å². The molecule has 0 aliphatic carbocycles. The van der Waals surface area contributed by atoms with Crippen molar-refractivity contribution in [2.24, 2.45) is 4.99 Å². The third kappa shape index (κ3) is 2.64. The Balaban J connectivity index is 2.08. The second kappa shape index (κ2) is 4.82. The lowest BCUT2D eigenvalue weighted by Crippen LogP contribution is -2.16. The van der Waals surface area contributed by atoms with E-state index in [1.807, 2.05) is 42.5 Å². The summed E-state index contributed by atoms with van der Waals surface area (Å²) in [6.07, 6.45) is 5.33. The van der Waals surface area contributed by atoms with E-state index in [0.29, 0.717) is 0 Å². The van der Waals surface area contributed by atoms with Gasteiger partial charge in [0.2, 0.25) is 0 Å². The van der Waals surface area contributed by atoms with E-state index in [9.17, 15) is 4.79 Å². The van der Waals surface area contributed by atoms with E-state index in [-0.39, 0.29) is 5.91 Å². The van der Waals surface area contributed by atoms with Gasteiger partial charge in [-0.1, -0.05) is 29.8 Å². The van der Waals surface area contributed by atoms with Crippen LogP contribution in [0.4, 0.5) is 0 Å².